The second-order valence-corrected chi connectivity index (χ2v) is 11.8. The smallest absolute Gasteiger partial charge is 0.458 e. The molecule has 2 aromatic carbocycles. The number of esters is 2. The number of rotatable bonds is 10. The van der Waals surface area contributed by atoms with Crippen LogP contribution < -0.4 is 4.74 Å². The lowest BCUT2D eigenvalue weighted by Crippen LogP contribution is -2.49. The molecule has 0 aromatic heterocycles. The van der Waals surface area contributed by atoms with Gasteiger partial charge in [-0.2, -0.15) is 0 Å². The number of ether oxygens (including phenoxy) is 4. The van der Waals surface area contributed by atoms with Gasteiger partial charge in [-0.1, -0.05) is 42.5 Å². The van der Waals surface area contributed by atoms with E-state index in [-0.39, 0.29) is 13.0 Å². The summed E-state index contributed by atoms with van der Waals surface area (Å²) in [7, 11) is 1.26. The Hall–Kier alpha value is -3.83. The van der Waals surface area contributed by atoms with E-state index < -0.39 is 65.4 Å². The largest absolute Gasteiger partial charge is 0.573 e. The fourth-order valence-electron chi connectivity index (χ4n) is 4.31. The molecule has 0 spiro atoms. The van der Waals surface area contributed by atoms with E-state index in [0.29, 0.717) is 11.1 Å². The molecule has 1 saturated carbocycles. The Bertz CT molecular complexity index is 1250. The Morgan fingerprint density at radius 3 is 2.07 bits per heavy atom. The summed E-state index contributed by atoms with van der Waals surface area (Å²) in [5.41, 5.74) is -3.63. The van der Waals surface area contributed by atoms with Gasteiger partial charge in [-0.25, -0.2) is 18.8 Å². The fourth-order valence-corrected chi connectivity index (χ4v) is 4.31. The molecule has 2 aromatic rings. The molecule has 12 heteroatoms. The normalized spacial score (nSPS) is 19.3. The lowest BCUT2D eigenvalue weighted by atomic mass is 10.00. The monoisotopic (exact) mass is 597 g/mol. The maximum Gasteiger partial charge on any atom is 0.573 e. The van der Waals surface area contributed by atoms with E-state index in [1.54, 1.807) is 51.1 Å². The number of alkyl halides is 4. The minimum Gasteiger partial charge on any atom is -0.458 e. The lowest BCUT2D eigenvalue weighted by Gasteiger charge is -2.32. The molecule has 1 fully saturated rings. The Labute approximate surface area is 241 Å². The third kappa shape index (κ3) is 9.09. The molecule has 0 heterocycles. The molecule has 3 unspecified atom stereocenters. The van der Waals surface area contributed by atoms with Crippen molar-refractivity contribution in [1.29, 1.82) is 0 Å². The van der Waals surface area contributed by atoms with Gasteiger partial charge in [0.25, 0.3) is 0 Å². The van der Waals surface area contributed by atoms with Gasteiger partial charge in [-0.15, -0.1) is 13.2 Å². The minimum atomic E-state index is -4.89. The number of hydrogen-bond donors (Lipinski definition) is 0. The van der Waals surface area contributed by atoms with E-state index in [1.165, 1.54) is 33.0 Å². The second-order valence-electron chi connectivity index (χ2n) is 11.8. The van der Waals surface area contributed by atoms with Crippen molar-refractivity contribution in [3.05, 3.63) is 65.7 Å². The predicted octanol–water partition coefficient (Wildman–Crippen LogP) is 6.47. The van der Waals surface area contributed by atoms with Crippen LogP contribution in [0, 0.1) is 0 Å². The number of benzene rings is 2. The summed E-state index contributed by atoms with van der Waals surface area (Å²) in [5.74, 6) is -3.20. The lowest BCUT2D eigenvalue weighted by molar-refractivity contribution is -0.274. The first kappa shape index (κ1) is 32.7. The Morgan fingerprint density at radius 2 is 1.55 bits per heavy atom. The van der Waals surface area contributed by atoms with Gasteiger partial charge in [-0.3, -0.25) is 4.90 Å². The quantitative estimate of drug-likeness (QED) is 0.176. The van der Waals surface area contributed by atoms with Crippen LogP contribution in [0.2, 0.25) is 0 Å². The van der Waals surface area contributed by atoms with Gasteiger partial charge in [0.1, 0.15) is 29.7 Å². The summed E-state index contributed by atoms with van der Waals surface area (Å²) in [6.45, 7) is 7.20. The number of carbonyl (C=O) groups is 3. The van der Waals surface area contributed by atoms with E-state index in [1.807, 2.05) is 0 Å². The van der Waals surface area contributed by atoms with E-state index in [4.69, 9.17) is 14.2 Å². The molecule has 8 nitrogen and oxygen atoms in total. The Balaban J connectivity index is 1.89. The van der Waals surface area contributed by atoms with Crippen LogP contribution >= 0.6 is 0 Å². The zero-order valence-electron chi connectivity index (χ0n) is 24.3. The van der Waals surface area contributed by atoms with Gasteiger partial charge in [-0.05, 0) is 57.9 Å². The molecule has 1 aliphatic carbocycles. The number of carbonyl (C=O) groups excluding carboxylic acids is 3. The van der Waals surface area contributed by atoms with Crippen LogP contribution in [0.15, 0.2) is 54.6 Å². The van der Waals surface area contributed by atoms with E-state index >= 15 is 0 Å². The number of amides is 1. The molecule has 230 valence electrons. The SMILES string of the molecule is CN(C(=O)OC(C)(C)C)C(CC(C)(C)F)C(=O)OC1(C(=O)OCc2ccccc2)CC1c1ccc(OC(F)(F)F)cc1. The minimum absolute atomic E-state index is 0.0479. The molecule has 3 rings (SSSR count). The number of nitrogens with zero attached hydrogens (tertiary/aromatic N) is 1. The van der Waals surface area contributed by atoms with Crippen LogP contribution in [-0.4, -0.2) is 59.3 Å². The summed E-state index contributed by atoms with van der Waals surface area (Å²) in [6.07, 6.45) is -6.30. The van der Waals surface area contributed by atoms with Crippen LogP contribution in [-0.2, 0) is 30.4 Å². The van der Waals surface area contributed by atoms with Crippen molar-refractivity contribution in [2.75, 3.05) is 7.05 Å². The highest BCUT2D eigenvalue weighted by Gasteiger charge is 2.66. The zero-order valence-corrected chi connectivity index (χ0v) is 24.3. The highest BCUT2D eigenvalue weighted by atomic mass is 19.4. The molecular formula is C30H35F4NO7. The third-order valence-electron chi connectivity index (χ3n) is 6.37. The zero-order chi connectivity index (χ0) is 31.5. The van der Waals surface area contributed by atoms with Crippen molar-refractivity contribution in [3.8, 4) is 5.75 Å². The van der Waals surface area contributed by atoms with Crippen molar-refractivity contribution in [2.24, 2.45) is 0 Å². The van der Waals surface area contributed by atoms with E-state index in [0.717, 1.165) is 17.0 Å². The summed E-state index contributed by atoms with van der Waals surface area (Å²) >= 11 is 0. The first-order valence-corrected chi connectivity index (χ1v) is 13.2. The topological polar surface area (TPSA) is 91.4 Å². The highest BCUT2D eigenvalue weighted by molar-refractivity contribution is 5.91. The van der Waals surface area contributed by atoms with Crippen LogP contribution in [0.3, 0.4) is 0 Å². The van der Waals surface area contributed by atoms with Crippen molar-refractivity contribution in [1.82, 2.24) is 4.90 Å². The predicted molar refractivity (Wildman–Crippen MR) is 143 cm³/mol. The van der Waals surface area contributed by atoms with Crippen molar-refractivity contribution in [3.63, 3.8) is 0 Å². The summed E-state index contributed by atoms with van der Waals surface area (Å²) in [6, 6.07) is 12.1. The summed E-state index contributed by atoms with van der Waals surface area (Å²) in [5, 5.41) is 0. The Kier molecular flexibility index (Phi) is 9.48. The summed E-state index contributed by atoms with van der Waals surface area (Å²) in [4.78, 5) is 40.7. The van der Waals surface area contributed by atoms with Crippen LogP contribution in [0.25, 0.3) is 0 Å². The molecule has 42 heavy (non-hydrogen) atoms. The number of halogens is 4. The molecule has 0 N–H and O–H groups in total. The first-order valence-electron chi connectivity index (χ1n) is 13.2. The highest BCUT2D eigenvalue weighted by Crippen LogP contribution is 2.56. The molecule has 0 saturated heterocycles. The van der Waals surface area contributed by atoms with E-state index in [2.05, 4.69) is 4.74 Å². The molecule has 0 radical (unpaired) electrons. The van der Waals surface area contributed by atoms with Gasteiger partial charge >= 0.3 is 24.4 Å². The average molecular weight is 598 g/mol. The second kappa shape index (κ2) is 12.2. The molecule has 1 aliphatic rings. The average Bonchev–Trinajstić information content (AvgIpc) is 3.59. The molecule has 0 aliphatic heterocycles. The third-order valence-corrected chi connectivity index (χ3v) is 6.37. The number of likely N-dealkylation sites (N-methyl/N-ethyl adjacent to an activating group) is 1. The Morgan fingerprint density at radius 1 is 0.952 bits per heavy atom. The molecular weight excluding hydrogens is 562 g/mol. The van der Waals surface area contributed by atoms with Crippen LogP contribution in [0.1, 0.15) is 64.5 Å². The maximum absolute atomic E-state index is 14.8. The fraction of sp³-hybridized carbons (Fsp3) is 0.500. The van der Waals surface area contributed by atoms with Gasteiger partial charge < -0.3 is 18.9 Å². The van der Waals surface area contributed by atoms with Crippen molar-refractivity contribution >= 4 is 18.0 Å². The van der Waals surface area contributed by atoms with Crippen molar-refractivity contribution in [2.45, 2.75) is 89.3 Å². The van der Waals surface area contributed by atoms with E-state index in [9.17, 15) is 31.9 Å². The van der Waals surface area contributed by atoms with Gasteiger partial charge in [0.2, 0.25) is 5.60 Å². The van der Waals surface area contributed by atoms with Gasteiger partial charge in [0.15, 0.2) is 0 Å². The molecule has 3 atom stereocenters. The van der Waals surface area contributed by atoms with Crippen molar-refractivity contribution < 1.29 is 50.9 Å². The summed E-state index contributed by atoms with van der Waals surface area (Å²) < 4.78 is 73.1. The molecule has 0 bridgehead atoms. The van der Waals surface area contributed by atoms with Gasteiger partial charge in [0.05, 0.1) is 0 Å². The van der Waals surface area contributed by atoms with Crippen LogP contribution in [0.5, 0.6) is 5.75 Å². The van der Waals surface area contributed by atoms with Gasteiger partial charge in [0, 0.05) is 25.8 Å². The maximum atomic E-state index is 14.8. The molecule has 1 amide bonds. The standard InChI is InChI=1S/C30H35F4NO7/c1-27(2,3)42-26(38)35(6)23(17-28(4,5)31)24(36)41-29(25(37)39-18-19-10-8-7-9-11-19)16-22(29)20-12-14-21(15-13-20)40-30(32,33)34/h7-15,22-23H,16-18H2,1-6H3. The van der Waals surface area contributed by atoms with Crippen LogP contribution in [0.4, 0.5) is 22.4 Å². The first-order chi connectivity index (χ1) is 19.3. The number of hydrogen-bond acceptors (Lipinski definition) is 7.